The summed E-state index contributed by atoms with van der Waals surface area (Å²) in [5.74, 6) is 1.31. The Morgan fingerprint density at radius 1 is 0.900 bits per heavy atom. The summed E-state index contributed by atoms with van der Waals surface area (Å²) in [6.45, 7) is 0.0922. The summed E-state index contributed by atoms with van der Waals surface area (Å²) in [6.07, 6.45) is 0.775. The zero-order chi connectivity index (χ0) is 22.1. The predicted molar refractivity (Wildman–Crippen MR) is 116 cm³/mol. The lowest BCUT2D eigenvalue weighted by Crippen LogP contribution is -2.35. The van der Waals surface area contributed by atoms with Gasteiger partial charge in [0.15, 0.2) is 0 Å². The highest BCUT2D eigenvalue weighted by Gasteiger charge is 2.19. The van der Waals surface area contributed by atoms with E-state index in [0.717, 1.165) is 21.3 Å². The summed E-state index contributed by atoms with van der Waals surface area (Å²) < 4.78 is 21.4. The van der Waals surface area contributed by atoms with Crippen molar-refractivity contribution in [2.75, 3.05) is 35.0 Å². The van der Waals surface area contributed by atoms with Crippen LogP contribution >= 0.6 is 15.9 Å². The minimum Gasteiger partial charge on any atom is -0.497 e. The number of methoxy groups -OCH3 is 4. The number of hydrogen-bond donors (Lipinski definition) is 0. The number of benzene rings is 2. The first kappa shape index (κ1) is 23.5. The molecule has 0 saturated heterocycles. The van der Waals surface area contributed by atoms with E-state index in [4.69, 9.17) is 18.9 Å². The minimum atomic E-state index is -0.481. The first-order valence-corrected chi connectivity index (χ1v) is 10.1. The van der Waals surface area contributed by atoms with Crippen LogP contribution in [-0.4, -0.2) is 51.8 Å². The standard InChI is InChI=1S/C22H26BrNO6/c1-27-17-9-16(10-18(12-17)28-2)13-24(14-22(26)30-4)21(25)8-6-15-5-7-20(29-3)19(23)11-15/h5,7,9-12H,6,8,13-14H2,1-4H3. The molecule has 1 amide bonds. The summed E-state index contributed by atoms with van der Waals surface area (Å²) in [7, 11) is 6.02. The lowest BCUT2D eigenvalue weighted by Gasteiger charge is -2.22. The van der Waals surface area contributed by atoms with Crippen LogP contribution in [0.3, 0.4) is 0 Å². The average molecular weight is 480 g/mol. The number of amides is 1. The fourth-order valence-corrected chi connectivity index (χ4v) is 3.49. The van der Waals surface area contributed by atoms with Crippen LogP contribution in [0, 0.1) is 0 Å². The maximum atomic E-state index is 12.9. The van der Waals surface area contributed by atoms with Gasteiger partial charge in [0.05, 0.1) is 32.9 Å². The molecule has 0 aromatic heterocycles. The molecule has 0 heterocycles. The molecule has 30 heavy (non-hydrogen) atoms. The van der Waals surface area contributed by atoms with E-state index in [1.165, 1.54) is 12.0 Å². The summed E-state index contributed by atoms with van der Waals surface area (Å²) in [4.78, 5) is 26.2. The zero-order valence-corrected chi connectivity index (χ0v) is 19.2. The van der Waals surface area contributed by atoms with E-state index in [2.05, 4.69) is 15.9 Å². The van der Waals surface area contributed by atoms with Crippen LogP contribution in [0.5, 0.6) is 17.2 Å². The van der Waals surface area contributed by atoms with Gasteiger partial charge in [0.1, 0.15) is 23.8 Å². The van der Waals surface area contributed by atoms with Crippen molar-refractivity contribution >= 4 is 27.8 Å². The van der Waals surface area contributed by atoms with Crippen LogP contribution < -0.4 is 14.2 Å². The van der Waals surface area contributed by atoms with Gasteiger partial charge in [-0.05, 0) is 57.7 Å². The highest BCUT2D eigenvalue weighted by molar-refractivity contribution is 9.10. The van der Waals surface area contributed by atoms with Gasteiger partial charge in [-0.15, -0.1) is 0 Å². The van der Waals surface area contributed by atoms with Gasteiger partial charge in [-0.25, -0.2) is 0 Å². The number of ether oxygens (including phenoxy) is 4. The third-order valence-corrected chi connectivity index (χ3v) is 5.15. The van der Waals surface area contributed by atoms with Gasteiger partial charge in [0.2, 0.25) is 5.91 Å². The lowest BCUT2D eigenvalue weighted by molar-refractivity contribution is -0.147. The molecule has 0 spiro atoms. The zero-order valence-electron chi connectivity index (χ0n) is 17.6. The third kappa shape index (κ3) is 6.66. The highest BCUT2D eigenvalue weighted by Crippen LogP contribution is 2.26. The maximum absolute atomic E-state index is 12.9. The van der Waals surface area contributed by atoms with Crippen molar-refractivity contribution in [3.63, 3.8) is 0 Å². The van der Waals surface area contributed by atoms with Crippen molar-refractivity contribution in [1.82, 2.24) is 4.90 Å². The number of halogens is 1. The van der Waals surface area contributed by atoms with Crippen LogP contribution in [0.4, 0.5) is 0 Å². The van der Waals surface area contributed by atoms with E-state index in [9.17, 15) is 9.59 Å². The van der Waals surface area contributed by atoms with Crippen molar-refractivity contribution in [2.45, 2.75) is 19.4 Å². The summed E-state index contributed by atoms with van der Waals surface area (Å²) in [5, 5.41) is 0. The Morgan fingerprint density at radius 2 is 1.57 bits per heavy atom. The number of rotatable bonds is 10. The first-order valence-electron chi connectivity index (χ1n) is 9.29. The van der Waals surface area contributed by atoms with Crippen molar-refractivity contribution < 1.29 is 28.5 Å². The Balaban J connectivity index is 2.14. The molecule has 0 unspecified atom stereocenters. The predicted octanol–water partition coefficient (Wildman–Crippen LogP) is 3.61. The second-order valence-corrected chi connectivity index (χ2v) is 7.37. The number of hydrogen-bond acceptors (Lipinski definition) is 6. The van der Waals surface area contributed by atoms with Crippen molar-refractivity contribution in [3.8, 4) is 17.2 Å². The van der Waals surface area contributed by atoms with Crippen molar-refractivity contribution in [1.29, 1.82) is 0 Å². The van der Waals surface area contributed by atoms with E-state index in [1.54, 1.807) is 39.5 Å². The van der Waals surface area contributed by atoms with Crippen LogP contribution in [0.2, 0.25) is 0 Å². The van der Waals surface area contributed by atoms with E-state index < -0.39 is 5.97 Å². The van der Waals surface area contributed by atoms with Crippen molar-refractivity contribution in [3.05, 3.63) is 52.0 Å². The number of carbonyl (C=O) groups excluding carboxylic acids is 2. The Bertz CT molecular complexity index is 864. The molecule has 0 aliphatic rings. The Morgan fingerprint density at radius 3 is 2.10 bits per heavy atom. The van der Waals surface area contributed by atoms with Crippen LogP contribution in [-0.2, 0) is 27.3 Å². The molecule has 0 saturated carbocycles. The van der Waals surface area contributed by atoms with Gasteiger partial charge in [-0.3, -0.25) is 9.59 Å². The minimum absolute atomic E-state index is 0.138. The molecule has 0 N–H and O–H groups in total. The fourth-order valence-electron chi connectivity index (χ4n) is 2.91. The van der Waals surface area contributed by atoms with Gasteiger partial charge in [-0.2, -0.15) is 0 Å². The lowest BCUT2D eigenvalue weighted by atomic mass is 10.1. The number of aryl methyl sites for hydroxylation is 1. The summed E-state index contributed by atoms with van der Waals surface area (Å²) in [6, 6.07) is 11.0. The first-order chi connectivity index (χ1) is 14.4. The van der Waals surface area contributed by atoms with E-state index in [1.807, 2.05) is 18.2 Å². The molecule has 0 fully saturated rings. The molecule has 0 radical (unpaired) electrons. The van der Waals surface area contributed by atoms with Crippen LogP contribution in [0.15, 0.2) is 40.9 Å². The molecule has 162 valence electrons. The molecule has 0 atom stereocenters. The van der Waals surface area contributed by atoms with E-state index >= 15 is 0 Å². The number of nitrogens with zero attached hydrogens (tertiary/aromatic N) is 1. The van der Waals surface area contributed by atoms with Gasteiger partial charge >= 0.3 is 5.97 Å². The van der Waals surface area contributed by atoms with Gasteiger partial charge in [0.25, 0.3) is 0 Å². The summed E-state index contributed by atoms with van der Waals surface area (Å²) >= 11 is 3.45. The Labute approximate surface area is 185 Å². The topological polar surface area (TPSA) is 74.3 Å². The van der Waals surface area contributed by atoms with Crippen LogP contribution in [0.1, 0.15) is 17.5 Å². The third-order valence-electron chi connectivity index (χ3n) is 4.53. The number of carbonyl (C=O) groups is 2. The molecule has 2 rings (SSSR count). The SMILES string of the molecule is COC(=O)CN(Cc1cc(OC)cc(OC)c1)C(=O)CCc1ccc(OC)c(Br)c1. The average Bonchev–Trinajstić information content (AvgIpc) is 2.76. The molecule has 2 aromatic rings. The largest absolute Gasteiger partial charge is 0.497 e. The van der Waals surface area contributed by atoms with Gasteiger partial charge in [0, 0.05) is 19.0 Å². The molecule has 0 aliphatic carbocycles. The molecule has 0 bridgehead atoms. The molecular formula is C22H26BrNO6. The van der Waals surface area contributed by atoms with Gasteiger partial charge < -0.3 is 23.8 Å². The Hall–Kier alpha value is -2.74. The second kappa shape index (κ2) is 11.4. The smallest absolute Gasteiger partial charge is 0.325 e. The summed E-state index contributed by atoms with van der Waals surface area (Å²) in [5.41, 5.74) is 1.77. The van der Waals surface area contributed by atoms with E-state index in [-0.39, 0.29) is 25.4 Å². The van der Waals surface area contributed by atoms with Crippen molar-refractivity contribution in [2.24, 2.45) is 0 Å². The Kier molecular flexibility index (Phi) is 8.98. The van der Waals surface area contributed by atoms with Gasteiger partial charge in [-0.1, -0.05) is 6.07 Å². The molecule has 0 aliphatic heterocycles. The fraction of sp³-hybridized carbons (Fsp3) is 0.364. The van der Waals surface area contributed by atoms with E-state index in [0.29, 0.717) is 17.9 Å². The molecule has 7 nitrogen and oxygen atoms in total. The molecular weight excluding hydrogens is 454 g/mol. The molecule has 8 heteroatoms. The molecule has 2 aromatic carbocycles. The monoisotopic (exact) mass is 479 g/mol. The highest BCUT2D eigenvalue weighted by atomic mass is 79.9. The maximum Gasteiger partial charge on any atom is 0.325 e. The van der Waals surface area contributed by atoms with Crippen LogP contribution in [0.25, 0.3) is 0 Å². The quantitative estimate of drug-likeness (QED) is 0.484. The normalized spacial score (nSPS) is 10.3. The second-order valence-electron chi connectivity index (χ2n) is 6.52. The number of esters is 1.